The Morgan fingerprint density at radius 3 is 2.65 bits per heavy atom. The highest BCUT2D eigenvalue weighted by Gasteiger charge is 2.26. The summed E-state index contributed by atoms with van der Waals surface area (Å²) >= 11 is 0. The van der Waals surface area contributed by atoms with Crippen LogP contribution in [-0.4, -0.2) is 21.5 Å². The molecule has 5 nitrogen and oxygen atoms in total. The van der Waals surface area contributed by atoms with Gasteiger partial charge in [-0.25, -0.2) is 9.55 Å². The number of imidazole rings is 1. The number of hydrogen-bond donors (Lipinski definition) is 1. The molecule has 2 aromatic heterocycles. The van der Waals surface area contributed by atoms with Gasteiger partial charge in [0, 0.05) is 17.7 Å². The topological polar surface area (TPSA) is 50.8 Å². The van der Waals surface area contributed by atoms with Crippen LogP contribution in [0.25, 0.3) is 5.82 Å². The first-order valence-corrected chi connectivity index (χ1v) is 8.07. The molecule has 1 atom stereocenters. The first kappa shape index (κ1) is 17.2. The molecule has 1 amide bonds. The third-order valence-corrected chi connectivity index (χ3v) is 3.82. The van der Waals surface area contributed by atoms with E-state index in [1.54, 1.807) is 6.20 Å². The molecule has 0 aromatic carbocycles. The highest BCUT2D eigenvalue weighted by molar-refractivity contribution is 5.81. The summed E-state index contributed by atoms with van der Waals surface area (Å²) in [5.74, 6) is 1.32. The molecular formula is C18H27N4O+. The summed E-state index contributed by atoms with van der Waals surface area (Å²) in [6.45, 7) is 10.8. The molecule has 0 aliphatic rings. The maximum absolute atomic E-state index is 12.3. The molecule has 0 bridgehead atoms. The van der Waals surface area contributed by atoms with E-state index in [2.05, 4.69) is 28.7 Å². The van der Waals surface area contributed by atoms with Gasteiger partial charge < -0.3 is 5.32 Å². The standard InChI is InChI=1S/C18H26N4O/c1-14(2)15(20-17(23)18(3,4)5)12-21-10-11-22(13-21)16-8-6-7-9-19-16/h6-11,13-15H,12H2,1-5H3/p+1/t15-/m1/s1. The predicted octanol–water partition coefficient (Wildman–Crippen LogP) is 2.35. The molecule has 0 unspecified atom stereocenters. The SMILES string of the molecule is CC(C)[C@@H](C[n+]1ccn(-c2ccccn2)c1)NC(=O)C(C)(C)C. The lowest BCUT2D eigenvalue weighted by Gasteiger charge is -2.25. The van der Waals surface area contributed by atoms with Crippen LogP contribution < -0.4 is 9.88 Å². The average Bonchev–Trinajstić information content (AvgIpc) is 2.95. The monoisotopic (exact) mass is 315 g/mol. The Morgan fingerprint density at radius 2 is 2.09 bits per heavy atom. The molecule has 1 N–H and O–H groups in total. The van der Waals surface area contributed by atoms with Crippen LogP contribution in [0, 0.1) is 11.3 Å². The van der Waals surface area contributed by atoms with E-state index in [0.29, 0.717) is 5.92 Å². The molecule has 124 valence electrons. The van der Waals surface area contributed by atoms with E-state index in [1.807, 2.05) is 62.3 Å². The number of rotatable bonds is 5. The van der Waals surface area contributed by atoms with Gasteiger partial charge in [-0.2, -0.15) is 4.57 Å². The summed E-state index contributed by atoms with van der Waals surface area (Å²) in [5, 5.41) is 3.17. The van der Waals surface area contributed by atoms with Crippen LogP contribution in [0.5, 0.6) is 0 Å². The molecule has 2 aromatic rings. The van der Waals surface area contributed by atoms with Gasteiger partial charge in [0.05, 0.1) is 6.04 Å². The third kappa shape index (κ3) is 4.65. The first-order chi connectivity index (χ1) is 10.8. The normalized spacial score (nSPS) is 13.1. The van der Waals surface area contributed by atoms with Crippen molar-refractivity contribution in [3.63, 3.8) is 0 Å². The Morgan fingerprint density at radius 1 is 1.35 bits per heavy atom. The number of amides is 1. The fourth-order valence-electron chi connectivity index (χ4n) is 2.18. The average molecular weight is 315 g/mol. The van der Waals surface area contributed by atoms with E-state index in [-0.39, 0.29) is 17.4 Å². The number of nitrogens with one attached hydrogen (secondary N) is 1. The molecule has 5 heteroatoms. The zero-order valence-corrected chi connectivity index (χ0v) is 14.7. The van der Waals surface area contributed by atoms with Crippen molar-refractivity contribution in [3.8, 4) is 5.82 Å². The maximum Gasteiger partial charge on any atom is 0.250 e. The van der Waals surface area contributed by atoms with Gasteiger partial charge in [0.1, 0.15) is 18.9 Å². The molecule has 0 spiro atoms. The van der Waals surface area contributed by atoms with Crippen molar-refractivity contribution in [2.24, 2.45) is 11.3 Å². The number of carbonyl (C=O) groups is 1. The molecular weight excluding hydrogens is 288 g/mol. The second-order valence-electron chi connectivity index (χ2n) is 7.28. The predicted molar refractivity (Wildman–Crippen MR) is 90.0 cm³/mol. The van der Waals surface area contributed by atoms with Crippen molar-refractivity contribution >= 4 is 5.91 Å². The number of aromatic nitrogens is 3. The number of hydrogen-bond acceptors (Lipinski definition) is 2. The van der Waals surface area contributed by atoms with Gasteiger partial charge in [-0.3, -0.25) is 4.79 Å². The zero-order valence-electron chi connectivity index (χ0n) is 14.7. The number of pyridine rings is 1. The number of nitrogens with zero attached hydrogens (tertiary/aromatic N) is 3. The summed E-state index contributed by atoms with van der Waals surface area (Å²) in [4.78, 5) is 16.6. The van der Waals surface area contributed by atoms with Gasteiger partial charge in [0.2, 0.25) is 18.1 Å². The highest BCUT2D eigenvalue weighted by Crippen LogP contribution is 2.14. The minimum absolute atomic E-state index is 0.0842. The second kappa shape index (κ2) is 6.94. The van der Waals surface area contributed by atoms with Crippen molar-refractivity contribution in [1.29, 1.82) is 0 Å². The van der Waals surface area contributed by atoms with Crippen LogP contribution in [0.3, 0.4) is 0 Å². The number of carbonyl (C=O) groups excluding carboxylic acids is 1. The summed E-state index contributed by atoms with van der Waals surface area (Å²) in [6.07, 6.45) is 7.76. The Kier molecular flexibility index (Phi) is 5.19. The Balaban J connectivity index is 2.09. The Hall–Kier alpha value is -2.17. The molecule has 2 heterocycles. The van der Waals surface area contributed by atoms with Gasteiger partial charge in [0.15, 0.2) is 0 Å². The van der Waals surface area contributed by atoms with E-state index in [0.717, 1.165) is 12.4 Å². The highest BCUT2D eigenvalue weighted by atomic mass is 16.2. The smallest absolute Gasteiger partial charge is 0.250 e. The minimum Gasteiger partial charge on any atom is -0.349 e. The third-order valence-electron chi connectivity index (χ3n) is 3.82. The summed E-state index contributed by atoms with van der Waals surface area (Å²) in [7, 11) is 0. The lowest BCUT2D eigenvalue weighted by Crippen LogP contribution is -2.51. The minimum atomic E-state index is -0.377. The van der Waals surface area contributed by atoms with Gasteiger partial charge in [0.25, 0.3) is 0 Å². The van der Waals surface area contributed by atoms with Crippen molar-refractivity contribution < 1.29 is 9.36 Å². The van der Waals surface area contributed by atoms with Crippen LogP contribution in [0.15, 0.2) is 43.1 Å². The lowest BCUT2D eigenvalue weighted by molar-refractivity contribution is -0.699. The van der Waals surface area contributed by atoms with E-state index < -0.39 is 0 Å². The lowest BCUT2D eigenvalue weighted by atomic mass is 9.94. The Labute approximate surface area is 138 Å². The summed E-state index contributed by atoms with van der Waals surface area (Å²) < 4.78 is 4.06. The fraction of sp³-hybridized carbons (Fsp3) is 0.500. The first-order valence-electron chi connectivity index (χ1n) is 8.07. The van der Waals surface area contributed by atoms with E-state index >= 15 is 0 Å². The molecule has 2 rings (SSSR count). The molecule has 0 aliphatic heterocycles. The Bertz CT molecular complexity index is 641. The van der Waals surface area contributed by atoms with Crippen LogP contribution >= 0.6 is 0 Å². The maximum atomic E-state index is 12.3. The van der Waals surface area contributed by atoms with Crippen molar-refractivity contribution in [2.75, 3.05) is 0 Å². The molecule has 0 radical (unpaired) electrons. The van der Waals surface area contributed by atoms with E-state index in [9.17, 15) is 4.79 Å². The zero-order chi connectivity index (χ0) is 17.0. The summed E-state index contributed by atoms with van der Waals surface area (Å²) in [6, 6.07) is 5.92. The van der Waals surface area contributed by atoms with Crippen molar-refractivity contribution in [3.05, 3.63) is 43.1 Å². The van der Waals surface area contributed by atoms with Crippen LogP contribution in [0.1, 0.15) is 34.6 Å². The van der Waals surface area contributed by atoms with Gasteiger partial charge in [-0.15, -0.1) is 0 Å². The fourth-order valence-corrected chi connectivity index (χ4v) is 2.18. The van der Waals surface area contributed by atoms with Gasteiger partial charge >= 0.3 is 0 Å². The van der Waals surface area contributed by atoms with Crippen LogP contribution in [0.4, 0.5) is 0 Å². The van der Waals surface area contributed by atoms with Crippen LogP contribution in [-0.2, 0) is 11.3 Å². The van der Waals surface area contributed by atoms with Crippen LogP contribution in [0.2, 0.25) is 0 Å². The summed E-state index contributed by atoms with van der Waals surface area (Å²) in [5.41, 5.74) is -0.377. The molecule has 0 aliphatic carbocycles. The molecule has 0 fully saturated rings. The van der Waals surface area contributed by atoms with Crippen molar-refractivity contribution in [2.45, 2.75) is 47.2 Å². The molecule has 23 heavy (non-hydrogen) atoms. The second-order valence-corrected chi connectivity index (χ2v) is 7.28. The van der Waals surface area contributed by atoms with Crippen molar-refractivity contribution in [1.82, 2.24) is 14.9 Å². The molecule has 0 saturated heterocycles. The van der Waals surface area contributed by atoms with Gasteiger partial charge in [-0.1, -0.05) is 40.7 Å². The largest absolute Gasteiger partial charge is 0.349 e. The quantitative estimate of drug-likeness (QED) is 0.861. The molecule has 0 saturated carbocycles. The van der Waals surface area contributed by atoms with Gasteiger partial charge in [-0.05, 0) is 12.0 Å². The van der Waals surface area contributed by atoms with E-state index in [1.165, 1.54) is 0 Å². The van der Waals surface area contributed by atoms with E-state index in [4.69, 9.17) is 0 Å².